The molecule has 3 aromatic rings. The molecule has 28 heavy (non-hydrogen) atoms. The van der Waals surface area contributed by atoms with Crippen LogP contribution in [0.4, 0.5) is 5.13 Å². The lowest BCUT2D eigenvalue weighted by Crippen LogP contribution is -2.29. The minimum absolute atomic E-state index is 0.246. The van der Waals surface area contributed by atoms with Gasteiger partial charge in [0, 0.05) is 29.8 Å². The lowest BCUT2D eigenvalue weighted by molar-refractivity contribution is -0.114. The topological polar surface area (TPSA) is 80.5 Å². The summed E-state index contributed by atoms with van der Waals surface area (Å²) < 4.78 is 28.4. The zero-order valence-corrected chi connectivity index (χ0v) is 16.7. The molecule has 0 saturated heterocycles. The molecule has 0 bridgehead atoms. The van der Waals surface area contributed by atoms with Crippen LogP contribution in [-0.4, -0.2) is 32.1 Å². The van der Waals surface area contributed by atoms with Crippen LogP contribution in [0.1, 0.15) is 5.76 Å². The first-order chi connectivity index (χ1) is 13.4. The average molecular weight is 415 g/mol. The van der Waals surface area contributed by atoms with Gasteiger partial charge in [-0.3, -0.25) is 9.69 Å². The molecule has 3 rings (SSSR count). The van der Waals surface area contributed by atoms with Crippen LogP contribution in [0.3, 0.4) is 0 Å². The standard InChI is InChI=1S/C20H18N2O4S2/c1-3-12-22(19(23)11-8-16-5-4-13-26-16)20-21-18(14-27-20)15-6-9-17(10-7-15)28(2,24)25/h3-11,13-14H,1,12H2,2H3/b11-8+. The number of rotatable bonds is 7. The summed E-state index contributed by atoms with van der Waals surface area (Å²) in [7, 11) is -3.25. The number of amides is 1. The summed E-state index contributed by atoms with van der Waals surface area (Å²) in [6.07, 6.45) is 7.34. The third-order valence-electron chi connectivity index (χ3n) is 3.81. The van der Waals surface area contributed by atoms with E-state index in [0.29, 0.717) is 23.1 Å². The zero-order chi connectivity index (χ0) is 20.1. The maximum Gasteiger partial charge on any atom is 0.253 e. The smallest absolute Gasteiger partial charge is 0.253 e. The highest BCUT2D eigenvalue weighted by molar-refractivity contribution is 7.90. The summed E-state index contributed by atoms with van der Waals surface area (Å²) in [5.74, 6) is 0.335. The molecule has 144 valence electrons. The molecule has 0 radical (unpaired) electrons. The summed E-state index contributed by atoms with van der Waals surface area (Å²) in [6.45, 7) is 4.01. The third-order valence-corrected chi connectivity index (χ3v) is 5.80. The average Bonchev–Trinajstić information content (AvgIpc) is 3.35. The van der Waals surface area contributed by atoms with Crippen molar-refractivity contribution >= 4 is 38.3 Å². The predicted octanol–water partition coefficient (Wildman–Crippen LogP) is 4.04. The van der Waals surface area contributed by atoms with Crippen LogP contribution < -0.4 is 4.90 Å². The molecule has 0 unspecified atom stereocenters. The number of sulfone groups is 1. The molecule has 0 N–H and O–H groups in total. The van der Waals surface area contributed by atoms with Crippen molar-refractivity contribution in [2.75, 3.05) is 17.7 Å². The van der Waals surface area contributed by atoms with Gasteiger partial charge in [0.1, 0.15) is 5.76 Å². The van der Waals surface area contributed by atoms with Gasteiger partial charge >= 0.3 is 0 Å². The fourth-order valence-corrected chi connectivity index (χ4v) is 3.89. The monoisotopic (exact) mass is 414 g/mol. The van der Waals surface area contributed by atoms with Gasteiger partial charge in [-0.25, -0.2) is 13.4 Å². The molecule has 0 fully saturated rings. The fraction of sp³-hybridized carbons (Fsp3) is 0.100. The maximum absolute atomic E-state index is 12.6. The predicted molar refractivity (Wildman–Crippen MR) is 111 cm³/mol. The number of carbonyl (C=O) groups is 1. The summed E-state index contributed by atoms with van der Waals surface area (Å²) in [6, 6.07) is 9.99. The zero-order valence-electron chi connectivity index (χ0n) is 15.1. The van der Waals surface area contributed by atoms with E-state index < -0.39 is 9.84 Å². The van der Waals surface area contributed by atoms with Crippen LogP contribution in [0.15, 0.2) is 76.1 Å². The van der Waals surface area contributed by atoms with Crippen LogP contribution in [-0.2, 0) is 14.6 Å². The van der Waals surface area contributed by atoms with Crippen LogP contribution in [0, 0.1) is 0 Å². The number of hydrogen-bond acceptors (Lipinski definition) is 6. The van der Waals surface area contributed by atoms with Gasteiger partial charge in [-0.05, 0) is 30.3 Å². The lowest BCUT2D eigenvalue weighted by atomic mass is 10.2. The van der Waals surface area contributed by atoms with E-state index in [2.05, 4.69) is 11.6 Å². The molecule has 1 amide bonds. The first kappa shape index (κ1) is 19.8. The Bertz CT molecular complexity index is 1100. The fourth-order valence-electron chi connectivity index (χ4n) is 2.41. The van der Waals surface area contributed by atoms with Crippen molar-refractivity contribution < 1.29 is 17.6 Å². The largest absolute Gasteiger partial charge is 0.465 e. The van der Waals surface area contributed by atoms with Crippen molar-refractivity contribution in [3.63, 3.8) is 0 Å². The molecule has 0 aliphatic rings. The van der Waals surface area contributed by atoms with E-state index in [0.717, 1.165) is 11.8 Å². The normalized spacial score (nSPS) is 11.6. The number of benzene rings is 1. The summed E-state index contributed by atoms with van der Waals surface area (Å²) >= 11 is 1.32. The van der Waals surface area contributed by atoms with Crippen molar-refractivity contribution in [2.45, 2.75) is 4.90 Å². The van der Waals surface area contributed by atoms with E-state index in [1.54, 1.807) is 48.6 Å². The Hall–Kier alpha value is -2.97. The van der Waals surface area contributed by atoms with Gasteiger partial charge < -0.3 is 4.42 Å². The van der Waals surface area contributed by atoms with E-state index in [9.17, 15) is 13.2 Å². The molecule has 0 saturated carbocycles. The second-order valence-corrected chi connectivity index (χ2v) is 8.75. The molecule has 2 heterocycles. The SMILES string of the molecule is C=CCN(C(=O)/C=C/c1ccco1)c1nc(-c2ccc(S(C)(=O)=O)cc2)cs1. The molecule has 2 aromatic heterocycles. The third kappa shape index (κ3) is 4.65. The van der Waals surface area contributed by atoms with E-state index >= 15 is 0 Å². The van der Waals surface area contributed by atoms with Gasteiger partial charge in [0.2, 0.25) is 0 Å². The van der Waals surface area contributed by atoms with Crippen molar-refractivity contribution in [3.8, 4) is 11.3 Å². The van der Waals surface area contributed by atoms with Crippen LogP contribution in [0.25, 0.3) is 17.3 Å². The molecule has 6 nitrogen and oxygen atoms in total. The van der Waals surface area contributed by atoms with Gasteiger partial charge in [0.15, 0.2) is 15.0 Å². The molecular formula is C20H18N2O4S2. The Morgan fingerprint density at radius 3 is 2.64 bits per heavy atom. The highest BCUT2D eigenvalue weighted by Crippen LogP contribution is 2.28. The van der Waals surface area contributed by atoms with Gasteiger partial charge in [-0.15, -0.1) is 17.9 Å². The minimum atomic E-state index is -3.25. The quantitative estimate of drug-likeness (QED) is 0.431. The molecular weight excluding hydrogens is 396 g/mol. The van der Waals surface area contributed by atoms with E-state index in [1.165, 1.54) is 28.6 Å². The van der Waals surface area contributed by atoms with Gasteiger partial charge in [-0.1, -0.05) is 18.2 Å². The van der Waals surface area contributed by atoms with Crippen molar-refractivity contribution in [1.82, 2.24) is 4.98 Å². The Balaban J connectivity index is 1.83. The first-order valence-corrected chi connectivity index (χ1v) is 11.1. The molecule has 0 aliphatic heterocycles. The highest BCUT2D eigenvalue weighted by Gasteiger charge is 2.17. The van der Waals surface area contributed by atoms with Gasteiger partial charge in [-0.2, -0.15) is 0 Å². The summed E-state index contributed by atoms with van der Waals surface area (Å²) in [5, 5.41) is 2.35. The van der Waals surface area contributed by atoms with Gasteiger partial charge in [0.05, 0.1) is 16.9 Å². The van der Waals surface area contributed by atoms with Crippen molar-refractivity contribution in [1.29, 1.82) is 0 Å². The van der Waals surface area contributed by atoms with E-state index in [-0.39, 0.29) is 10.8 Å². The Morgan fingerprint density at radius 2 is 2.04 bits per heavy atom. The number of anilines is 1. The maximum atomic E-state index is 12.6. The van der Waals surface area contributed by atoms with E-state index in [4.69, 9.17) is 4.42 Å². The highest BCUT2D eigenvalue weighted by atomic mass is 32.2. The molecule has 0 spiro atoms. The van der Waals surface area contributed by atoms with Crippen LogP contribution >= 0.6 is 11.3 Å². The summed E-state index contributed by atoms with van der Waals surface area (Å²) in [5.41, 5.74) is 1.43. The molecule has 1 aromatic carbocycles. The number of furan rings is 1. The Labute approximate surface area is 167 Å². The Morgan fingerprint density at radius 1 is 1.29 bits per heavy atom. The number of carbonyl (C=O) groups excluding carboxylic acids is 1. The number of aromatic nitrogens is 1. The van der Waals surface area contributed by atoms with Crippen molar-refractivity contribution in [2.24, 2.45) is 0 Å². The lowest BCUT2D eigenvalue weighted by Gasteiger charge is -2.15. The minimum Gasteiger partial charge on any atom is -0.465 e. The number of hydrogen-bond donors (Lipinski definition) is 0. The second kappa shape index (κ2) is 8.37. The van der Waals surface area contributed by atoms with Crippen molar-refractivity contribution in [3.05, 3.63) is 72.5 Å². The second-order valence-electron chi connectivity index (χ2n) is 5.90. The van der Waals surface area contributed by atoms with Crippen LogP contribution in [0.2, 0.25) is 0 Å². The molecule has 0 atom stereocenters. The Kier molecular flexibility index (Phi) is 5.91. The van der Waals surface area contributed by atoms with Gasteiger partial charge in [0.25, 0.3) is 5.91 Å². The molecule has 0 aliphatic carbocycles. The first-order valence-electron chi connectivity index (χ1n) is 8.28. The number of nitrogens with zero attached hydrogens (tertiary/aromatic N) is 2. The van der Waals surface area contributed by atoms with Crippen LogP contribution in [0.5, 0.6) is 0 Å². The number of thiazole rings is 1. The summed E-state index contributed by atoms with van der Waals surface area (Å²) in [4.78, 5) is 18.9. The van der Waals surface area contributed by atoms with E-state index in [1.807, 2.05) is 5.38 Å². The molecule has 8 heteroatoms.